The summed E-state index contributed by atoms with van der Waals surface area (Å²) in [4.78, 5) is 41.0. The fourth-order valence-electron chi connectivity index (χ4n) is 4.21. The zero-order valence-corrected chi connectivity index (χ0v) is 19.3. The molecular weight excluding hydrogens is 422 g/mol. The van der Waals surface area contributed by atoms with Crippen molar-refractivity contribution in [3.05, 3.63) is 47.9 Å². The Morgan fingerprint density at radius 1 is 0.909 bits per heavy atom. The molecule has 0 unspecified atom stereocenters. The van der Waals surface area contributed by atoms with E-state index < -0.39 is 0 Å². The molecule has 1 aromatic carbocycles. The van der Waals surface area contributed by atoms with Gasteiger partial charge in [-0.15, -0.1) is 0 Å². The number of rotatable bonds is 8. The number of unbranched alkanes of at least 4 members (excludes halogenated alkanes) is 1. The van der Waals surface area contributed by atoms with Crippen LogP contribution >= 0.6 is 0 Å². The SMILES string of the molecule is CCCCN1C(=O)C(c2ccc(OC)c(OC)c2)=C(N2CCN(c3ncccn3)CC2)C1=O. The first kappa shape index (κ1) is 22.6. The monoisotopic (exact) mass is 451 g/mol. The fraction of sp³-hybridized carbons (Fsp3) is 0.417. The van der Waals surface area contributed by atoms with Crippen LogP contribution in [0.1, 0.15) is 25.3 Å². The molecule has 3 heterocycles. The number of imide groups is 1. The van der Waals surface area contributed by atoms with Crippen molar-refractivity contribution in [2.24, 2.45) is 0 Å². The minimum atomic E-state index is -0.260. The predicted octanol–water partition coefficient (Wildman–Crippen LogP) is 2.20. The van der Waals surface area contributed by atoms with Gasteiger partial charge >= 0.3 is 0 Å². The van der Waals surface area contributed by atoms with Gasteiger partial charge in [0, 0.05) is 45.1 Å². The van der Waals surface area contributed by atoms with E-state index in [1.54, 1.807) is 50.9 Å². The number of hydrogen-bond donors (Lipinski definition) is 0. The van der Waals surface area contributed by atoms with Gasteiger partial charge in [-0.05, 0) is 30.2 Å². The first-order valence-corrected chi connectivity index (χ1v) is 11.2. The molecule has 2 amide bonds. The van der Waals surface area contributed by atoms with Gasteiger partial charge in [0.15, 0.2) is 11.5 Å². The number of carbonyl (C=O) groups is 2. The summed E-state index contributed by atoms with van der Waals surface area (Å²) in [6.07, 6.45) is 5.10. The second kappa shape index (κ2) is 9.89. The van der Waals surface area contributed by atoms with Gasteiger partial charge in [0.25, 0.3) is 11.8 Å². The van der Waals surface area contributed by atoms with Crippen molar-refractivity contribution in [3.63, 3.8) is 0 Å². The van der Waals surface area contributed by atoms with Gasteiger partial charge in [0.05, 0.1) is 19.8 Å². The summed E-state index contributed by atoms with van der Waals surface area (Å²) in [7, 11) is 3.12. The molecule has 9 nitrogen and oxygen atoms in total. The molecule has 0 radical (unpaired) electrons. The van der Waals surface area contributed by atoms with E-state index in [0.717, 1.165) is 12.8 Å². The molecule has 0 bridgehead atoms. The third-order valence-corrected chi connectivity index (χ3v) is 5.98. The van der Waals surface area contributed by atoms with E-state index in [1.807, 2.05) is 11.8 Å². The van der Waals surface area contributed by atoms with Crippen molar-refractivity contribution in [1.29, 1.82) is 0 Å². The molecule has 0 saturated carbocycles. The van der Waals surface area contributed by atoms with E-state index in [-0.39, 0.29) is 11.8 Å². The second-order valence-electron chi connectivity index (χ2n) is 7.93. The molecule has 1 fully saturated rings. The Morgan fingerprint density at radius 3 is 2.21 bits per heavy atom. The van der Waals surface area contributed by atoms with Gasteiger partial charge in [-0.3, -0.25) is 14.5 Å². The molecule has 2 aromatic rings. The summed E-state index contributed by atoms with van der Waals surface area (Å²) >= 11 is 0. The van der Waals surface area contributed by atoms with Crippen molar-refractivity contribution in [2.75, 3.05) is 51.8 Å². The molecule has 0 N–H and O–H groups in total. The zero-order chi connectivity index (χ0) is 23.4. The Labute approximate surface area is 193 Å². The maximum atomic E-state index is 13.4. The first-order chi connectivity index (χ1) is 16.1. The lowest BCUT2D eigenvalue weighted by atomic mass is 10.0. The van der Waals surface area contributed by atoms with Crippen LogP contribution in [0, 0.1) is 0 Å². The van der Waals surface area contributed by atoms with Crippen LogP contribution in [0.4, 0.5) is 5.95 Å². The van der Waals surface area contributed by atoms with Gasteiger partial charge in [-0.1, -0.05) is 19.4 Å². The summed E-state index contributed by atoms with van der Waals surface area (Å²) < 4.78 is 10.8. The minimum Gasteiger partial charge on any atom is -0.493 e. The standard InChI is InChI=1S/C24H29N5O4/c1-4-5-11-29-22(30)20(17-7-8-18(32-2)19(16-17)33-3)21(23(29)31)27-12-14-28(15-13-27)24-25-9-6-10-26-24/h6-10,16H,4-5,11-15H2,1-3H3. The van der Waals surface area contributed by atoms with E-state index in [9.17, 15) is 9.59 Å². The molecule has 0 spiro atoms. The largest absolute Gasteiger partial charge is 0.493 e. The maximum absolute atomic E-state index is 13.4. The Balaban J connectivity index is 1.67. The highest BCUT2D eigenvalue weighted by Gasteiger charge is 2.42. The molecule has 2 aliphatic heterocycles. The molecule has 9 heteroatoms. The van der Waals surface area contributed by atoms with Crippen LogP contribution < -0.4 is 14.4 Å². The number of methoxy groups -OCH3 is 2. The van der Waals surface area contributed by atoms with E-state index in [0.29, 0.717) is 67.0 Å². The van der Waals surface area contributed by atoms with Crippen LogP contribution in [0.15, 0.2) is 42.4 Å². The lowest BCUT2D eigenvalue weighted by Crippen LogP contribution is -2.48. The van der Waals surface area contributed by atoms with E-state index in [1.165, 1.54) is 4.90 Å². The molecule has 4 rings (SSSR count). The molecule has 0 aliphatic carbocycles. The van der Waals surface area contributed by atoms with Crippen LogP contribution in [0.3, 0.4) is 0 Å². The molecule has 174 valence electrons. The molecule has 33 heavy (non-hydrogen) atoms. The Morgan fingerprint density at radius 2 is 1.58 bits per heavy atom. The van der Waals surface area contributed by atoms with Crippen molar-refractivity contribution in [3.8, 4) is 11.5 Å². The molecule has 2 aliphatic rings. The number of anilines is 1. The van der Waals surface area contributed by atoms with Crippen molar-refractivity contribution in [2.45, 2.75) is 19.8 Å². The van der Waals surface area contributed by atoms with Gasteiger partial charge < -0.3 is 19.3 Å². The molecular formula is C24H29N5O4. The number of nitrogens with zero attached hydrogens (tertiary/aromatic N) is 5. The number of ether oxygens (including phenoxy) is 2. The zero-order valence-electron chi connectivity index (χ0n) is 19.3. The summed E-state index contributed by atoms with van der Waals surface area (Å²) in [6.45, 7) is 4.94. The van der Waals surface area contributed by atoms with E-state index >= 15 is 0 Å². The smallest absolute Gasteiger partial charge is 0.277 e. The number of amides is 2. The van der Waals surface area contributed by atoms with Gasteiger partial charge in [0.1, 0.15) is 5.70 Å². The average Bonchev–Trinajstić information content (AvgIpc) is 3.12. The molecule has 1 saturated heterocycles. The van der Waals surface area contributed by atoms with Crippen LogP contribution in [-0.4, -0.2) is 78.5 Å². The van der Waals surface area contributed by atoms with E-state index in [2.05, 4.69) is 14.9 Å². The maximum Gasteiger partial charge on any atom is 0.277 e. The predicted molar refractivity (Wildman–Crippen MR) is 124 cm³/mol. The Bertz CT molecular complexity index is 1050. The number of aromatic nitrogens is 2. The van der Waals surface area contributed by atoms with Crippen LogP contribution in [-0.2, 0) is 9.59 Å². The fourth-order valence-corrected chi connectivity index (χ4v) is 4.21. The summed E-state index contributed by atoms with van der Waals surface area (Å²) in [5.41, 5.74) is 1.52. The molecule has 1 aromatic heterocycles. The Hall–Kier alpha value is -3.62. The van der Waals surface area contributed by atoms with Gasteiger partial charge in [0.2, 0.25) is 5.95 Å². The van der Waals surface area contributed by atoms with Crippen molar-refractivity contribution >= 4 is 23.3 Å². The third-order valence-electron chi connectivity index (χ3n) is 5.98. The summed E-state index contributed by atoms with van der Waals surface area (Å²) in [5, 5.41) is 0. The third kappa shape index (κ3) is 4.35. The van der Waals surface area contributed by atoms with Crippen LogP contribution in [0.5, 0.6) is 11.5 Å². The highest BCUT2D eigenvalue weighted by atomic mass is 16.5. The van der Waals surface area contributed by atoms with Crippen LogP contribution in [0.2, 0.25) is 0 Å². The quantitative estimate of drug-likeness (QED) is 0.565. The lowest BCUT2D eigenvalue weighted by molar-refractivity contribution is -0.137. The van der Waals surface area contributed by atoms with Crippen molar-refractivity contribution in [1.82, 2.24) is 19.8 Å². The van der Waals surface area contributed by atoms with Gasteiger partial charge in [-0.25, -0.2) is 9.97 Å². The minimum absolute atomic E-state index is 0.234. The second-order valence-corrected chi connectivity index (χ2v) is 7.93. The van der Waals surface area contributed by atoms with E-state index in [4.69, 9.17) is 9.47 Å². The number of carbonyl (C=O) groups excluding carboxylic acids is 2. The number of hydrogen-bond acceptors (Lipinski definition) is 8. The summed E-state index contributed by atoms with van der Waals surface area (Å²) in [5.74, 6) is 1.26. The first-order valence-electron chi connectivity index (χ1n) is 11.2. The van der Waals surface area contributed by atoms with Crippen molar-refractivity contribution < 1.29 is 19.1 Å². The summed E-state index contributed by atoms with van der Waals surface area (Å²) in [6, 6.07) is 7.11. The highest BCUT2D eigenvalue weighted by molar-refractivity contribution is 6.35. The normalized spacial score (nSPS) is 16.6. The molecule has 0 atom stereocenters. The number of piperazine rings is 1. The van der Waals surface area contributed by atoms with Crippen LogP contribution in [0.25, 0.3) is 5.57 Å². The van der Waals surface area contributed by atoms with Gasteiger partial charge in [-0.2, -0.15) is 0 Å². The number of benzene rings is 1. The average molecular weight is 452 g/mol. The highest BCUT2D eigenvalue weighted by Crippen LogP contribution is 2.36. The topological polar surface area (TPSA) is 88.1 Å². The Kier molecular flexibility index (Phi) is 6.76. The lowest BCUT2D eigenvalue weighted by Gasteiger charge is -2.36.